The van der Waals surface area contributed by atoms with Gasteiger partial charge in [-0.1, -0.05) is 60.0 Å². The van der Waals surface area contributed by atoms with Gasteiger partial charge in [-0.05, 0) is 61.2 Å². The number of halogens is 2. The molecule has 0 bridgehead atoms. The minimum absolute atomic E-state index is 0.424. The number of nitrogens with zero attached hydrogens (tertiary/aromatic N) is 1. The fraction of sp³-hybridized carbons (Fsp3) is 0.400. The average Bonchev–Trinajstić information content (AvgIpc) is 2.98. The molecule has 2 aromatic carbocycles. The lowest BCUT2D eigenvalue weighted by Crippen LogP contribution is -2.32. The molecular formula is C20H21Cl2N. The summed E-state index contributed by atoms with van der Waals surface area (Å²) in [7, 11) is 0. The Morgan fingerprint density at radius 1 is 0.826 bits per heavy atom. The van der Waals surface area contributed by atoms with Gasteiger partial charge in [0, 0.05) is 12.0 Å². The van der Waals surface area contributed by atoms with E-state index in [1.807, 2.05) is 12.1 Å². The zero-order valence-electron chi connectivity index (χ0n) is 13.1. The van der Waals surface area contributed by atoms with Crippen LogP contribution >= 0.6 is 23.2 Å². The Balaban J connectivity index is 1.70. The zero-order chi connectivity index (χ0) is 15.8. The van der Waals surface area contributed by atoms with E-state index < -0.39 is 0 Å². The van der Waals surface area contributed by atoms with Crippen LogP contribution in [-0.2, 0) is 0 Å². The van der Waals surface area contributed by atoms with Crippen LogP contribution in [-0.4, -0.2) is 18.0 Å². The van der Waals surface area contributed by atoms with Crippen molar-refractivity contribution in [3.63, 3.8) is 0 Å². The molecule has 0 spiro atoms. The molecule has 23 heavy (non-hydrogen) atoms. The summed E-state index contributed by atoms with van der Waals surface area (Å²) in [6.45, 7) is 2.46. The Bertz CT molecular complexity index is 707. The number of hydrogen-bond donors (Lipinski definition) is 0. The second kappa shape index (κ2) is 6.47. The van der Waals surface area contributed by atoms with Crippen molar-refractivity contribution in [3.05, 3.63) is 69.2 Å². The van der Waals surface area contributed by atoms with Crippen LogP contribution in [0.2, 0.25) is 10.0 Å². The van der Waals surface area contributed by atoms with Crippen LogP contribution in [0.15, 0.2) is 42.5 Å². The average molecular weight is 346 g/mol. The topological polar surface area (TPSA) is 3.24 Å². The van der Waals surface area contributed by atoms with Crippen LogP contribution in [0, 0.1) is 0 Å². The van der Waals surface area contributed by atoms with Crippen LogP contribution < -0.4 is 0 Å². The molecule has 1 saturated heterocycles. The maximum atomic E-state index is 6.26. The molecule has 1 nitrogen and oxygen atoms in total. The lowest BCUT2D eigenvalue weighted by molar-refractivity contribution is 0.161. The van der Waals surface area contributed by atoms with E-state index >= 15 is 0 Å². The van der Waals surface area contributed by atoms with Crippen LogP contribution in [0.1, 0.15) is 54.3 Å². The molecule has 0 amide bonds. The second-order valence-corrected chi connectivity index (χ2v) is 7.52. The summed E-state index contributed by atoms with van der Waals surface area (Å²) < 4.78 is 0. The molecule has 2 aliphatic rings. The smallest absolute Gasteiger partial charge is 0.0595 e. The minimum atomic E-state index is 0.424. The maximum absolute atomic E-state index is 6.26. The van der Waals surface area contributed by atoms with Crippen molar-refractivity contribution in [1.29, 1.82) is 0 Å². The molecule has 4 rings (SSSR count). The predicted octanol–water partition coefficient (Wildman–Crippen LogP) is 6.06. The Labute approximate surface area is 148 Å². The first-order chi connectivity index (χ1) is 11.2. The molecule has 2 aromatic rings. The van der Waals surface area contributed by atoms with Crippen LogP contribution in [0.3, 0.4) is 0 Å². The zero-order valence-corrected chi connectivity index (χ0v) is 14.7. The normalized spacial score (nSPS) is 24.6. The van der Waals surface area contributed by atoms with Crippen LogP contribution in [0.5, 0.6) is 0 Å². The quantitative estimate of drug-likeness (QED) is 0.639. The maximum Gasteiger partial charge on any atom is 0.0595 e. The summed E-state index contributed by atoms with van der Waals surface area (Å²) in [5.74, 6) is 0.424. The van der Waals surface area contributed by atoms with Gasteiger partial charge in [0.1, 0.15) is 0 Å². The minimum Gasteiger partial charge on any atom is -0.296 e. The first kappa shape index (κ1) is 15.5. The molecule has 0 saturated carbocycles. The highest BCUT2D eigenvalue weighted by atomic mass is 35.5. The SMILES string of the molecule is Clc1ccc(C2CC(N3CCCCC3)c3ccccc32)cc1Cl. The molecule has 0 aromatic heterocycles. The van der Waals surface area contributed by atoms with E-state index in [2.05, 4.69) is 35.2 Å². The van der Waals surface area contributed by atoms with E-state index in [9.17, 15) is 0 Å². The highest BCUT2D eigenvalue weighted by molar-refractivity contribution is 6.42. The fourth-order valence-electron chi connectivity index (χ4n) is 4.23. The van der Waals surface area contributed by atoms with Gasteiger partial charge in [-0.25, -0.2) is 0 Å². The highest BCUT2D eigenvalue weighted by Crippen LogP contribution is 2.47. The van der Waals surface area contributed by atoms with Gasteiger partial charge in [0.15, 0.2) is 0 Å². The molecule has 0 N–H and O–H groups in total. The Hall–Kier alpha value is -1.02. The molecule has 1 aliphatic carbocycles. The van der Waals surface area contributed by atoms with Gasteiger partial charge in [-0.3, -0.25) is 4.90 Å². The molecule has 2 atom stereocenters. The lowest BCUT2D eigenvalue weighted by atomic mass is 9.93. The van der Waals surface area contributed by atoms with Crippen molar-refractivity contribution in [2.45, 2.75) is 37.6 Å². The molecule has 1 heterocycles. The third-order valence-corrected chi connectivity index (χ3v) is 6.11. The summed E-state index contributed by atoms with van der Waals surface area (Å²) in [6.07, 6.45) is 5.19. The van der Waals surface area contributed by atoms with Gasteiger partial charge >= 0.3 is 0 Å². The Morgan fingerprint density at radius 2 is 1.57 bits per heavy atom. The standard InChI is InChI=1S/C20H21Cl2N/c21-18-9-8-14(12-19(18)22)17-13-20(23-10-4-1-5-11-23)16-7-3-2-6-15(16)17/h2-3,6-9,12,17,20H,1,4-5,10-11,13H2. The summed E-state index contributed by atoms with van der Waals surface area (Å²) in [5, 5.41) is 1.29. The van der Waals surface area contributed by atoms with Gasteiger partial charge in [0.05, 0.1) is 10.0 Å². The largest absolute Gasteiger partial charge is 0.296 e. The van der Waals surface area contributed by atoms with Crippen molar-refractivity contribution < 1.29 is 0 Å². The van der Waals surface area contributed by atoms with Crippen molar-refractivity contribution in [2.75, 3.05) is 13.1 Å². The third-order valence-electron chi connectivity index (χ3n) is 5.37. The van der Waals surface area contributed by atoms with Gasteiger partial charge < -0.3 is 0 Å². The van der Waals surface area contributed by atoms with E-state index in [4.69, 9.17) is 23.2 Å². The van der Waals surface area contributed by atoms with Gasteiger partial charge in [-0.2, -0.15) is 0 Å². The summed E-state index contributed by atoms with van der Waals surface area (Å²) >= 11 is 12.4. The molecule has 2 unspecified atom stereocenters. The highest BCUT2D eigenvalue weighted by Gasteiger charge is 2.35. The van der Waals surface area contributed by atoms with Crippen molar-refractivity contribution in [3.8, 4) is 0 Å². The summed E-state index contributed by atoms with van der Waals surface area (Å²) in [5.41, 5.74) is 4.25. The summed E-state index contributed by atoms with van der Waals surface area (Å²) in [6, 6.07) is 15.6. The van der Waals surface area contributed by atoms with Crippen molar-refractivity contribution in [1.82, 2.24) is 4.90 Å². The van der Waals surface area contributed by atoms with Crippen molar-refractivity contribution >= 4 is 23.2 Å². The number of likely N-dealkylation sites (tertiary alicyclic amines) is 1. The monoisotopic (exact) mass is 345 g/mol. The number of rotatable bonds is 2. The molecule has 0 radical (unpaired) electrons. The van der Waals surface area contributed by atoms with E-state index in [0.717, 1.165) is 6.42 Å². The van der Waals surface area contributed by atoms with Crippen LogP contribution in [0.25, 0.3) is 0 Å². The molecule has 3 heteroatoms. The number of hydrogen-bond acceptors (Lipinski definition) is 1. The van der Waals surface area contributed by atoms with Crippen LogP contribution in [0.4, 0.5) is 0 Å². The van der Waals surface area contributed by atoms with Gasteiger partial charge in [-0.15, -0.1) is 0 Å². The molecule has 120 valence electrons. The Morgan fingerprint density at radius 3 is 2.30 bits per heavy atom. The lowest BCUT2D eigenvalue weighted by Gasteiger charge is -2.33. The Kier molecular flexibility index (Phi) is 4.36. The number of piperidine rings is 1. The predicted molar refractivity (Wildman–Crippen MR) is 97.5 cm³/mol. The van der Waals surface area contributed by atoms with E-state index in [1.165, 1.54) is 49.0 Å². The molecular weight excluding hydrogens is 325 g/mol. The summed E-state index contributed by atoms with van der Waals surface area (Å²) in [4.78, 5) is 2.68. The molecule has 1 fully saturated rings. The van der Waals surface area contributed by atoms with Gasteiger partial charge in [0.25, 0.3) is 0 Å². The first-order valence-corrected chi connectivity index (χ1v) is 9.27. The number of benzene rings is 2. The van der Waals surface area contributed by atoms with E-state index in [0.29, 0.717) is 22.0 Å². The second-order valence-electron chi connectivity index (χ2n) is 6.70. The first-order valence-electron chi connectivity index (χ1n) is 8.52. The van der Waals surface area contributed by atoms with Crippen molar-refractivity contribution in [2.24, 2.45) is 0 Å². The van der Waals surface area contributed by atoms with E-state index in [-0.39, 0.29) is 0 Å². The number of fused-ring (bicyclic) bond motifs is 1. The fourth-order valence-corrected chi connectivity index (χ4v) is 4.54. The van der Waals surface area contributed by atoms with Gasteiger partial charge in [0.2, 0.25) is 0 Å². The molecule has 1 aliphatic heterocycles. The van der Waals surface area contributed by atoms with E-state index in [1.54, 1.807) is 0 Å². The third kappa shape index (κ3) is 2.91.